The molecule has 0 spiro atoms. The molecule has 3 rings (SSSR count). The van der Waals surface area contributed by atoms with E-state index in [0.717, 1.165) is 34.3 Å². The van der Waals surface area contributed by atoms with E-state index in [1.54, 1.807) is 0 Å². The number of aromatic nitrogens is 3. The van der Waals surface area contributed by atoms with E-state index in [0.29, 0.717) is 18.0 Å². The standard InChI is InChI=1S/C15H14BrF3N4/c1-20-7-10-4-11(12(16)13(23-10)8-2-3-8)9-5-21-14(22-6-9)15(17,18)19/h4-6,8,20H,2-3,7H2,1H3. The van der Waals surface area contributed by atoms with E-state index in [1.807, 2.05) is 13.1 Å². The number of pyridine rings is 1. The van der Waals surface area contributed by atoms with Gasteiger partial charge >= 0.3 is 6.18 Å². The second-order valence-electron chi connectivity index (χ2n) is 5.46. The summed E-state index contributed by atoms with van der Waals surface area (Å²) in [6.45, 7) is 0.585. The minimum Gasteiger partial charge on any atom is -0.314 e. The van der Waals surface area contributed by atoms with E-state index < -0.39 is 12.0 Å². The zero-order valence-electron chi connectivity index (χ0n) is 12.3. The SMILES string of the molecule is CNCc1cc(-c2cnc(C(F)(F)F)nc2)c(Br)c(C2CC2)n1. The number of rotatable bonds is 4. The highest BCUT2D eigenvalue weighted by Gasteiger charge is 2.34. The Morgan fingerprint density at radius 3 is 2.43 bits per heavy atom. The first-order valence-electron chi connectivity index (χ1n) is 7.13. The van der Waals surface area contributed by atoms with Crippen molar-refractivity contribution in [3.05, 3.63) is 40.1 Å². The van der Waals surface area contributed by atoms with Gasteiger partial charge in [-0.15, -0.1) is 0 Å². The molecule has 2 aromatic rings. The van der Waals surface area contributed by atoms with Crippen molar-refractivity contribution in [1.29, 1.82) is 0 Å². The largest absolute Gasteiger partial charge is 0.451 e. The number of hydrogen-bond acceptors (Lipinski definition) is 4. The Hall–Kier alpha value is -1.54. The van der Waals surface area contributed by atoms with Gasteiger partial charge < -0.3 is 5.32 Å². The molecule has 1 aliphatic carbocycles. The smallest absolute Gasteiger partial charge is 0.314 e. The van der Waals surface area contributed by atoms with Crippen LogP contribution in [-0.2, 0) is 12.7 Å². The summed E-state index contributed by atoms with van der Waals surface area (Å²) in [6.07, 6.45) is 0.0328. The fourth-order valence-electron chi connectivity index (χ4n) is 2.33. The fraction of sp³-hybridized carbons (Fsp3) is 0.400. The summed E-state index contributed by atoms with van der Waals surface area (Å²) < 4.78 is 38.6. The van der Waals surface area contributed by atoms with Gasteiger partial charge in [0.05, 0.1) is 11.4 Å². The van der Waals surface area contributed by atoms with Crippen molar-refractivity contribution >= 4 is 15.9 Å². The van der Waals surface area contributed by atoms with Crippen LogP contribution in [0.15, 0.2) is 22.9 Å². The van der Waals surface area contributed by atoms with Gasteiger partial charge in [-0.25, -0.2) is 9.97 Å². The number of halogens is 4. The maximum Gasteiger partial charge on any atom is 0.451 e. The number of alkyl halides is 3. The molecule has 1 aliphatic rings. The van der Waals surface area contributed by atoms with Crippen molar-refractivity contribution in [2.75, 3.05) is 7.05 Å². The molecule has 0 saturated heterocycles. The molecule has 23 heavy (non-hydrogen) atoms. The lowest BCUT2D eigenvalue weighted by atomic mass is 10.1. The molecule has 0 bridgehead atoms. The average molecular weight is 387 g/mol. The maximum absolute atomic E-state index is 12.6. The van der Waals surface area contributed by atoms with Crippen LogP contribution >= 0.6 is 15.9 Å². The van der Waals surface area contributed by atoms with Crippen LogP contribution in [0.4, 0.5) is 13.2 Å². The van der Waals surface area contributed by atoms with Gasteiger partial charge in [-0.3, -0.25) is 4.98 Å². The Balaban J connectivity index is 2.04. The van der Waals surface area contributed by atoms with Crippen LogP contribution in [0.1, 0.15) is 36.0 Å². The molecule has 1 fully saturated rings. The summed E-state index contributed by atoms with van der Waals surface area (Å²) >= 11 is 3.54. The molecule has 8 heteroatoms. The van der Waals surface area contributed by atoms with Gasteiger partial charge in [0.15, 0.2) is 0 Å². The van der Waals surface area contributed by atoms with Crippen molar-refractivity contribution in [1.82, 2.24) is 20.3 Å². The predicted molar refractivity (Wildman–Crippen MR) is 82.7 cm³/mol. The Morgan fingerprint density at radius 2 is 1.91 bits per heavy atom. The van der Waals surface area contributed by atoms with Crippen LogP contribution in [0.3, 0.4) is 0 Å². The molecule has 0 atom stereocenters. The highest BCUT2D eigenvalue weighted by atomic mass is 79.9. The Kier molecular flexibility index (Phi) is 4.37. The quantitative estimate of drug-likeness (QED) is 0.864. The molecule has 0 radical (unpaired) electrons. The first-order chi connectivity index (χ1) is 10.9. The van der Waals surface area contributed by atoms with Crippen molar-refractivity contribution in [3.8, 4) is 11.1 Å². The summed E-state index contributed by atoms with van der Waals surface area (Å²) in [5, 5.41) is 3.04. The van der Waals surface area contributed by atoms with E-state index in [1.165, 1.54) is 12.4 Å². The molecule has 1 N–H and O–H groups in total. The molecule has 4 nitrogen and oxygen atoms in total. The van der Waals surface area contributed by atoms with Gasteiger partial charge in [0.25, 0.3) is 0 Å². The second-order valence-corrected chi connectivity index (χ2v) is 6.25. The number of hydrogen-bond donors (Lipinski definition) is 1. The lowest BCUT2D eigenvalue weighted by molar-refractivity contribution is -0.144. The van der Waals surface area contributed by atoms with E-state index in [4.69, 9.17) is 0 Å². The lowest BCUT2D eigenvalue weighted by Gasteiger charge is -2.12. The molecule has 1 saturated carbocycles. The summed E-state index contributed by atoms with van der Waals surface area (Å²) in [7, 11) is 1.82. The molecular weight excluding hydrogens is 373 g/mol. The highest BCUT2D eigenvalue weighted by molar-refractivity contribution is 9.10. The molecule has 0 aromatic carbocycles. The molecular formula is C15H14BrF3N4. The first kappa shape index (κ1) is 16.3. The normalized spacial score (nSPS) is 15.0. The number of nitrogens with one attached hydrogen (secondary N) is 1. The third kappa shape index (κ3) is 3.53. The zero-order chi connectivity index (χ0) is 16.6. The van der Waals surface area contributed by atoms with Crippen LogP contribution in [0.5, 0.6) is 0 Å². The van der Waals surface area contributed by atoms with E-state index >= 15 is 0 Å². The topological polar surface area (TPSA) is 50.7 Å². The number of nitrogens with zero attached hydrogens (tertiary/aromatic N) is 3. The van der Waals surface area contributed by atoms with Crippen LogP contribution in [-0.4, -0.2) is 22.0 Å². The summed E-state index contributed by atoms with van der Waals surface area (Å²) in [5.74, 6) is -0.723. The highest BCUT2D eigenvalue weighted by Crippen LogP contribution is 2.45. The average Bonchev–Trinajstić information content (AvgIpc) is 3.33. The minimum absolute atomic E-state index is 0.412. The van der Waals surface area contributed by atoms with Crippen molar-refractivity contribution < 1.29 is 13.2 Å². The van der Waals surface area contributed by atoms with Gasteiger partial charge in [0.1, 0.15) is 0 Å². The third-order valence-electron chi connectivity index (χ3n) is 3.57. The van der Waals surface area contributed by atoms with E-state index in [9.17, 15) is 13.2 Å². The summed E-state index contributed by atoms with van der Waals surface area (Å²) in [5.41, 5.74) is 3.09. The van der Waals surface area contributed by atoms with Crippen LogP contribution in [0, 0.1) is 0 Å². The monoisotopic (exact) mass is 386 g/mol. The molecule has 0 unspecified atom stereocenters. The van der Waals surface area contributed by atoms with Gasteiger partial charge in [0.2, 0.25) is 5.82 Å². The first-order valence-corrected chi connectivity index (χ1v) is 7.93. The Bertz CT molecular complexity index is 712. The lowest BCUT2D eigenvalue weighted by Crippen LogP contribution is -2.11. The Labute approximate surface area is 139 Å². The maximum atomic E-state index is 12.6. The molecule has 2 aromatic heterocycles. The molecule has 2 heterocycles. The van der Waals surface area contributed by atoms with Crippen molar-refractivity contribution in [2.24, 2.45) is 0 Å². The zero-order valence-corrected chi connectivity index (χ0v) is 13.9. The predicted octanol–water partition coefficient (Wildman–Crippen LogP) is 3.92. The van der Waals surface area contributed by atoms with Crippen LogP contribution in [0.25, 0.3) is 11.1 Å². The van der Waals surface area contributed by atoms with E-state index in [-0.39, 0.29) is 0 Å². The molecule has 0 amide bonds. The fourth-order valence-corrected chi connectivity index (χ4v) is 3.08. The van der Waals surface area contributed by atoms with Gasteiger partial charge in [-0.05, 0) is 41.9 Å². The minimum atomic E-state index is -4.54. The third-order valence-corrected chi connectivity index (χ3v) is 4.41. The van der Waals surface area contributed by atoms with Crippen molar-refractivity contribution in [3.63, 3.8) is 0 Å². The van der Waals surface area contributed by atoms with E-state index in [2.05, 4.69) is 36.2 Å². The van der Waals surface area contributed by atoms with Crippen LogP contribution in [0.2, 0.25) is 0 Å². The van der Waals surface area contributed by atoms with Gasteiger partial charge in [-0.1, -0.05) is 0 Å². The van der Waals surface area contributed by atoms with Crippen LogP contribution < -0.4 is 5.32 Å². The summed E-state index contributed by atoms with van der Waals surface area (Å²) in [4.78, 5) is 11.5. The van der Waals surface area contributed by atoms with Gasteiger partial charge in [-0.2, -0.15) is 13.2 Å². The molecule has 122 valence electrons. The van der Waals surface area contributed by atoms with Gasteiger partial charge in [0, 0.05) is 40.5 Å². The Morgan fingerprint density at radius 1 is 1.26 bits per heavy atom. The second kappa shape index (κ2) is 6.16. The summed E-state index contributed by atoms with van der Waals surface area (Å²) in [6, 6.07) is 1.85. The molecule has 0 aliphatic heterocycles. The van der Waals surface area contributed by atoms with Crippen molar-refractivity contribution in [2.45, 2.75) is 31.5 Å².